The third-order valence-electron chi connectivity index (χ3n) is 4.36. The van der Waals surface area contributed by atoms with Crippen LogP contribution in [0.2, 0.25) is 0 Å². The predicted octanol–water partition coefficient (Wildman–Crippen LogP) is 3.27. The molecule has 0 amide bonds. The minimum atomic E-state index is 0.0673. The Balaban J connectivity index is 1.84. The van der Waals surface area contributed by atoms with E-state index < -0.39 is 0 Å². The minimum Gasteiger partial charge on any atom is -0.508 e. The maximum Gasteiger partial charge on any atom is 0.171 e. The smallest absolute Gasteiger partial charge is 0.171 e. The van der Waals surface area contributed by atoms with Gasteiger partial charge in [-0.15, -0.1) is 0 Å². The summed E-state index contributed by atoms with van der Waals surface area (Å²) in [6.45, 7) is 0. The SMILES string of the molecule is Oc1ccc(C2NC(=S)NC3=C2CCc2ccccc23)cc1. The van der Waals surface area contributed by atoms with Gasteiger partial charge in [-0.05, 0) is 53.9 Å². The Hall–Kier alpha value is -2.33. The number of aromatic hydroxyl groups is 1. The van der Waals surface area contributed by atoms with E-state index in [-0.39, 0.29) is 11.8 Å². The van der Waals surface area contributed by atoms with Crippen LogP contribution in [0, 0.1) is 0 Å². The van der Waals surface area contributed by atoms with E-state index in [0.29, 0.717) is 5.11 Å². The van der Waals surface area contributed by atoms with E-state index >= 15 is 0 Å². The lowest BCUT2D eigenvalue weighted by molar-refractivity contribution is 0.475. The summed E-state index contributed by atoms with van der Waals surface area (Å²) < 4.78 is 0. The lowest BCUT2D eigenvalue weighted by Gasteiger charge is -2.35. The number of aryl methyl sites for hydroxylation is 1. The summed E-state index contributed by atoms with van der Waals surface area (Å²) in [6.07, 6.45) is 2.04. The Bertz CT molecular complexity index is 780. The van der Waals surface area contributed by atoms with Crippen LogP contribution in [0.25, 0.3) is 5.70 Å². The molecule has 1 aliphatic heterocycles. The van der Waals surface area contributed by atoms with Crippen molar-refractivity contribution in [1.29, 1.82) is 0 Å². The van der Waals surface area contributed by atoms with Crippen molar-refractivity contribution in [3.8, 4) is 5.75 Å². The van der Waals surface area contributed by atoms with Crippen LogP contribution in [0.1, 0.15) is 29.2 Å². The highest BCUT2D eigenvalue weighted by Crippen LogP contribution is 2.38. The summed E-state index contributed by atoms with van der Waals surface area (Å²) >= 11 is 5.40. The summed E-state index contributed by atoms with van der Waals surface area (Å²) in [7, 11) is 0. The van der Waals surface area contributed by atoms with Crippen molar-refractivity contribution in [3.05, 3.63) is 70.8 Å². The van der Waals surface area contributed by atoms with Gasteiger partial charge in [0.15, 0.2) is 5.11 Å². The second kappa shape index (κ2) is 5.14. The summed E-state index contributed by atoms with van der Waals surface area (Å²) in [5, 5.41) is 16.8. The molecule has 1 atom stereocenters. The van der Waals surface area contributed by atoms with Crippen molar-refractivity contribution >= 4 is 23.0 Å². The van der Waals surface area contributed by atoms with Gasteiger partial charge >= 0.3 is 0 Å². The van der Waals surface area contributed by atoms with Crippen LogP contribution in [0.5, 0.6) is 5.75 Å². The first-order valence-electron chi connectivity index (χ1n) is 7.40. The van der Waals surface area contributed by atoms with Crippen LogP contribution >= 0.6 is 12.2 Å². The number of hydrogen-bond acceptors (Lipinski definition) is 2. The number of benzene rings is 2. The number of thiocarbonyl (C=S) groups is 1. The average Bonchev–Trinajstić information content (AvgIpc) is 2.55. The van der Waals surface area contributed by atoms with Crippen LogP contribution < -0.4 is 10.6 Å². The molecular formula is C18H16N2OS. The molecule has 0 saturated carbocycles. The molecule has 0 aromatic heterocycles. The average molecular weight is 308 g/mol. The first-order chi connectivity index (χ1) is 10.7. The third-order valence-corrected chi connectivity index (χ3v) is 4.58. The molecule has 0 radical (unpaired) electrons. The highest BCUT2D eigenvalue weighted by molar-refractivity contribution is 7.80. The van der Waals surface area contributed by atoms with Gasteiger partial charge in [0.05, 0.1) is 6.04 Å². The Morgan fingerprint density at radius 3 is 2.59 bits per heavy atom. The monoisotopic (exact) mass is 308 g/mol. The normalized spacial score (nSPS) is 19.8. The zero-order valence-electron chi connectivity index (χ0n) is 12.0. The molecule has 0 spiro atoms. The summed E-state index contributed by atoms with van der Waals surface area (Å²) in [6, 6.07) is 15.9. The van der Waals surface area contributed by atoms with E-state index in [1.165, 1.54) is 16.7 Å². The molecular weight excluding hydrogens is 292 g/mol. The fourth-order valence-electron chi connectivity index (χ4n) is 3.30. The maximum absolute atomic E-state index is 9.50. The van der Waals surface area contributed by atoms with Crippen molar-refractivity contribution in [3.63, 3.8) is 0 Å². The van der Waals surface area contributed by atoms with Gasteiger partial charge in [-0.25, -0.2) is 0 Å². The molecule has 1 unspecified atom stereocenters. The zero-order valence-corrected chi connectivity index (χ0v) is 12.8. The Morgan fingerprint density at radius 2 is 1.77 bits per heavy atom. The standard InChI is InChI=1S/C18H16N2OS/c21-13-8-5-12(6-9-13)16-15-10-7-11-3-1-2-4-14(11)17(15)20-18(22)19-16/h1-6,8-9,16,21H,7,10H2,(H2,19,20,22). The Labute approximate surface area is 134 Å². The van der Waals surface area contributed by atoms with E-state index in [1.54, 1.807) is 12.1 Å². The molecule has 3 nitrogen and oxygen atoms in total. The van der Waals surface area contributed by atoms with Crippen LogP contribution in [-0.4, -0.2) is 10.2 Å². The predicted molar refractivity (Wildman–Crippen MR) is 91.4 cm³/mol. The highest BCUT2D eigenvalue weighted by atomic mass is 32.1. The van der Waals surface area contributed by atoms with Crippen LogP contribution in [0.4, 0.5) is 0 Å². The molecule has 2 aromatic carbocycles. The maximum atomic E-state index is 9.50. The van der Waals surface area contributed by atoms with Crippen molar-refractivity contribution in [1.82, 2.24) is 10.6 Å². The Kier molecular flexibility index (Phi) is 3.12. The minimum absolute atomic E-state index is 0.0673. The first kappa shape index (κ1) is 13.3. The lowest BCUT2D eigenvalue weighted by Crippen LogP contribution is -2.44. The van der Waals surface area contributed by atoms with E-state index in [9.17, 15) is 5.11 Å². The Morgan fingerprint density at radius 1 is 1.00 bits per heavy atom. The molecule has 0 saturated heterocycles. The summed E-state index contributed by atoms with van der Waals surface area (Å²) in [4.78, 5) is 0. The number of phenolic OH excluding ortho intramolecular Hbond substituents is 1. The van der Waals surface area contributed by atoms with Crippen LogP contribution in [-0.2, 0) is 6.42 Å². The molecule has 0 fully saturated rings. The molecule has 1 aliphatic carbocycles. The molecule has 2 aliphatic rings. The fraction of sp³-hybridized carbons (Fsp3) is 0.167. The third kappa shape index (κ3) is 2.16. The molecule has 110 valence electrons. The molecule has 2 aromatic rings. The highest BCUT2D eigenvalue weighted by Gasteiger charge is 2.30. The number of hydrogen-bond donors (Lipinski definition) is 3. The molecule has 4 rings (SSSR count). The van der Waals surface area contributed by atoms with Crippen molar-refractivity contribution in [2.45, 2.75) is 18.9 Å². The number of rotatable bonds is 1. The zero-order chi connectivity index (χ0) is 15.1. The summed E-state index contributed by atoms with van der Waals surface area (Å²) in [5.74, 6) is 0.281. The number of phenols is 1. The van der Waals surface area contributed by atoms with E-state index in [1.807, 2.05) is 12.1 Å². The molecule has 3 N–H and O–H groups in total. The van der Waals surface area contributed by atoms with Gasteiger partial charge in [0.1, 0.15) is 5.75 Å². The summed E-state index contributed by atoms with van der Waals surface area (Å²) in [5.41, 5.74) is 6.20. The van der Waals surface area contributed by atoms with Gasteiger partial charge < -0.3 is 15.7 Å². The fourth-order valence-corrected chi connectivity index (χ4v) is 3.52. The molecule has 4 heteroatoms. The van der Waals surface area contributed by atoms with Gasteiger partial charge in [-0.2, -0.15) is 0 Å². The second-order valence-electron chi connectivity index (χ2n) is 5.68. The van der Waals surface area contributed by atoms with Crippen LogP contribution in [0.3, 0.4) is 0 Å². The van der Waals surface area contributed by atoms with Gasteiger partial charge in [0.2, 0.25) is 0 Å². The van der Waals surface area contributed by atoms with Crippen molar-refractivity contribution in [2.75, 3.05) is 0 Å². The quantitative estimate of drug-likeness (QED) is 0.708. The first-order valence-corrected chi connectivity index (χ1v) is 7.81. The number of nitrogens with one attached hydrogen (secondary N) is 2. The molecule has 22 heavy (non-hydrogen) atoms. The van der Waals surface area contributed by atoms with Crippen molar-refractivity contribution < 1.29 is 5.11 Å². The van der Waals surface area contributed by atoms with Gasteiger partial charge in [0, 0.05) is 11.3 Å². The van der Waals surface area contributed by atoms with Crippen molar-refractivity contribution in [2.24, 2.45) is 0 Å². The lowest BCUT2D eigenvalue weighted by atomic mass is 9.83. The van der Waals surface area contributed by atoms with E-state index in [2.05, 4.69) is 34.9 Å². The second-order valence-corrected chi connectivity index (χ2v) is 6.09. The van der Waals surface area contributed by atoms with Crippen LogP contribution in [0.15, 0.2) is 54.1 Å². The van der Waals surface area contributed by atoms with E-state index in [4.69, 9.17) is 12.2 Å². The molecule has 1 heterocycles. The van der Waals surface area contributed by atoms with E-state index in [0.717, 1.165) is 24.1 Å². The molecule has 0 bridgehead atoms. The van der Waals surface area contributed by atoms with Gasteiger partial charge in [0.25, 0.3) is 0 Å². The topological polar surface area (TPSA) is 44.3 Å². The largest absolute Gasteiger partial charge is 0.508 e. The van der Waals surface area contributed by atoms with Gasteiger partial charge in [-0.1, -0.05) is 36.4 Å². The van der Waals surface area contributed by atoms with Gasteiger partial charge in [-0.3, -0.25) is 0 Å². The number of fused-ring (bicyclic) bond motifs is 2.